The highest BCUT2D eigenvalue weighted by atomic mass is 32.1. The lowest BCUT2D eigenvalue weighted by Crippen LogP contribution is -2.34. The number of amides is 2. The Balaban J connectivity index is 1.45. The first kappa shape index (κ1) is 16.8. The average Bonchev–Trinajstić information content (AvgIpc) is 3.29. The van der Waals surface area contributed by atoms with Crippen molar-refractivity contribution in [3.05, 3.63) is 59.0 Å². The van der Waals surface area contributed by atoms with E-state index in [1.807, 2.05) is 17.5 Å². The monoisotopic (exact) mass is 360 g/mol. The van der Waals surface area contributed by atoms with Crippen molar-refractivity contribution in [2.75, 3.05) is 13.1 Å². The van der Waals surface area contributed by atoms with Crippen molar-refractivity contribution in [2.24, 2.45) is 0 Å². The van der Waals surface area contributed by atoms with Crippen molar-refractivity contribution in [1.82, 2.24) is 20.8 Å². The molecule has 128 valence electrons. The summed E-state index contributed by atoms with van der Waals surface area (Å²) in [7, 11) is 0. The van der Waals surface area contributed by atoms with Gasteiger partial charge in [0.15, 0.2) is 0 Å². The summed E-state index contributed by atoms with van der Waals surface area (Å²) < 4.78 is 17.7. The fraction of sp³-hybridized carbons (Fsp3) is 0.125. The molecule has 2 aromatic heterocycles. The predicted octanol–water partition coefficient (Wildman–Crippen LogP) is 2.10. The molecule has 25 heavy (non-hydrogen) atoms. The topological polar surface area (TPSA) is 97.1 Å². The normalized spacial score (nSPS) is 10.4. The van der Waals surface area contributed by atoms with Crippen LogP contribution in [0.25, 0.3) is 10.7 Å². The lowest BCUT2D eigenvalue weighted by molar-refractivity contribution is 0.0898. The van der Waals surface area contributed by atoms with Gasteiger partial charge in [-0.15, -0.1) is 11.3 Å². The van der Waals surface area contributed by atoms with Crippen LogP contribution >= 0.6 is 11.3 Å². The molecule has 7 nitrogen and oxygen atoms in total. The average molecular weight is 360 g/mol. The summed E-state index contributed by atoms with van der Waals surface area (Å²) in [5.41, 5.74) is 0.338. The molecule has 0 aliphatic rings. The Morgan fingerprint density at radius 1 is 1.08 bits per heavy atom. The van der Waals surface area contributed by atoms with Crippen LogP contribution in [0.1, 0.15) is 21.0 Å². The number of nitrogens with one attached hydrogen (secondary N) is 2. The third-order valence-electron chi connectivity index (χ3n) is 3.16. The molecule has 0 saturated heterocycles. The van der Waals surface area contributed by atoms with Gasteiger partial charge in [-0.2, -0.15) is 4.98 Å². The van der Waals surface area contributed by atoms with Crippen LogP contribution in [0, 0.1) is 5.82 Å². The van der Waals surface area contributed by atoms with Crippen molar-refractivity contribution in [2.45, 2.75) is 0 Å². The van der Waals surface area contributed by atoms with Crippen LogP contribution in [0.5, 0.6) is 0 Å². The molecule has 1 aromatic carbocycles. The van der Waals surface area contributed by atoms with Crippen LogP contribution in [0.15, 0.2) is 46.3 Å². The van der Waals surface area contributed by atoms with Gasteiger partial charge in [0.1, 0.15) is 5.82 Å². The highest BCUT2D eigenvalue weighted by molar-refractivity contribution is 7.13. The van der Waals surface area contributed by atoms with Gasteiger partial charge in [0.25, 0.3) is 5.91 Å². The number of halogens is 1. The molecule has 0 spiro atoms. The van der Waals surface area contributed by atoms with E-state index in [4.69, 9.17) is 4.52 Å². The molecule has 3 aromatic rings. The van der Waals surface area contributed by atoms with Gasteiger partial charge >= 0.3 is 11.8 Å². The molecule has 0 bridgehead atoms. The highest BCUT2D eigenvalue weighted by Crippen LogP contribution is 2.21. The molecule has 2 N–H and O–H groups in total. The number of thiophene rings is 1. The van der Waals surface area contributed by atoms with E-state index in [1.54, 1.807) is 0 Å². The highest BCUT2D eigenvalue weighted by Gasteiger charge is 2.16. The Morgan fingerprint density at radius 2 is 1.80 bits per heavy atom. The fourth-order valence-corrected chi connectivity index (χ4v) is 2.60. The molecule has 0 atom stereocenters. The molecule has 0 fully saturated rings. The van der Waals surface area contributed by atoms with Crippen LogP contribution in [0.4, 0.5) is 4.39 Å². The number of carbonyl (C=O) groups is 2. The van der Waals surface area contributed by atoms with Gasteiger partial charge in [0.2, 0.25) is 5.82 Å². The second kappa shape index (κ2) is 7.67. The Morgan fingerprint density at radius 3 is 2.48 bits per heavy atom. The van der Waals surface area contributed by atoms with Crippen LogP contribution < -0.4 is 10.6 Å². The van der Waals surface area contributed by atoms with E-state index in [9.17, 15) is 14.0 Å². The van der Waals surface area contributed by atoms with E-state index in [2.05, 4.69) is 20.8 Å². The molecule has 0 unspecified atom stereocenters. The molecule has 0 saturated carbocycles. The molecule has 3 rings (SSSR count). The number of aromatic nitrogens is 2. The minimum atomic E-state index is -0.522. The summed E-state index contributed by atoms with van der Waals surface area (Å²) in [5.74, 6) is -1.08. The summed E-state index contributed by atoms with van der Waals surface area (Å²) in [6.45, 7) is 0.385. The molecule has 0 radical (unpaired) electrons. The molecule has 9 heteroatoms. The van der Waals surface area contributed by atoms with Crippen molar-refractivity contribution in [3.8, 4) is 10.7 Å². The summed E-state index contributed by atoms with van der Waals surface area (Å²) in [4.78, 5) is 28.6. The van der Waals surface area contributed by atoms with E-state index in [1.165, 1.54) is 35.6 Å². The maximum absolute atomic E-state index is 12.8. The van der Waals surface area contributed by atoms with Crippen LogP contribution in [0.2, 0.25) is 0 Å². The van der Waals surface area contributed by atoms with E-state index in [0.717, 1.165) is 4.88 Å². The van der Waals surface area contributed by atoms with E-state index >= 15 is 0 Å². The summed E-state index contributed by atoms with van der Waals surface area (Å²) in [6, 6.07) is 8.85. The second-order valence-electron chi connectivity index (χ2n) is 4.92. The SMILES string of the molecule is O=C(NCCNC(=O)c1nc(-c2cccs2)no1)c1ccc(F)cc1. The molecule has 0 aliphatic carbocycles. The first-order valence-corrected chi connectivity index (χ1v) is 8.21. The Hall–Kier alpha value is -3.07. The Kier molecular flexibility index (Phi) is 5.14. The second-order valence-corrected chi connectivity index (χ2v) is 5.87. The zero-order valence-electron chi connectivity index (χ0n) is 12.9. The molecular formula is C16H13FN4O3S. The predicted molar refractivity (Wildman–Crippen MR) is 88.7 cm³/mol. The van der Waals surface area contributed by atoms with Crippen molar-refractivity contribution in [1.29, 1.82) is 0 Å². The fourth-order valence-electron chi connectivity index (χ4n) is 1.95. The number of rotatable bonds is 6. The van der Waals surface area contributed by atoms with Crippen molar-refractivity contribution >= 4 is 23.2 Å². The standard InChI is InChI=1S/C16H13FN4O3S/c17-11-5-3-10(4-6-11)14(22)18-7-8-19-15(23)16-20-13(21-24-16)12-2-1-9-25-12/h1-6,9H,7-8H2,(H,18,22)(H,19,23). The third kappa shape index (κ3) is 4.27. The zero-order valence-corrected chi connectivity index (χ0v) is 13.7. The van der Waals surface area contributed by atoms with Gasteiger partial charge in [-0.3, -0.25) is 9.59 Å². The molecule has 2 amide bonds. The molecule has 0 aliphatic heterocycles. The maximum atomic E-state index is 12.8. The number of hydrogen-bond donors (Lipinski definition) is 2. The van der Waals surface area contributed by atoms with Gasteiger partial charge in [-0.1, -0.05) is 11.2 Å². The number of hydrogen-bond acceptors (Lipinski definition) is 6. The number of benzene rings is 1. The minimum Gasteiger partial charge on any atom is -0.350 e. The lowest BCUT2D eigenvalue weighted by atomic mass is 10.2. The first-order valence-electron chi connectivity index (χ1n) is 7.33. The van der Waals surface area contributed by atoms with Gasteiger partial charge in [0, 0.05) is 18.7 Å². The van der Waals surface area contributed by atoms with Gasteiger partial charge in [0.05, 0.1) is 4.88 Å². The summed E-state index contributed by atoms with van der Waals surface area (Å²) in [5, 5.41) is 10.8. The minimum absolute atomic E-state index is 0.145. The largest absolute Gasteiger partial charge is 0.350 e. The van der Waals surface area contributed by atoms with Gasteiger partial charge in [-0.05, 0) is 35.7 Å². The first-order chi connectivity index (χ1) is 12.1. The van der Waals surface area contributed by atoms with Gasteiger partial charge in [-0.25, -0.2) is 4.39 Å². The molecule has 2 heterocycles. The van der Waals surface area contributed by atoms with Gasteiger partial charge < -0.3 is 15.2 Å². The smallest absolute Gasteiger partial charge is 0.316 e. The van der Waals surface area contributed by atoms with Crippen LogP contribution in [-0.4, -0.2) is 35.0 Å². The van der Waals surface area contributed by atoms with Crippen molar-refractivity contribution in [3.63, 3.8) is 0 Å². The van der Waals surface area contributed by atoms with Crippen LogP contribution in [0.3, 0.4) is 0 Å². The number of nitrogens with zero attached hydrogens (tertiary/aromatic N) is 2. The third-order valence-corrected chi connectivity index (χ3v) is 4.03. The number of carbonyl (C=O) groups excluding carboxylic acids is 2. The lowest BCUT2D eigenvalue weighted by Gasteiger charge is -2.05. The van der Waals surface area contributed by atoms with E-state index in [0.29, 0.717) is 11.4 Å². The summed E-state index contributed by atoms with van der Waals surface area (Å²) >= 11 is 1.44. The Labute approximate surface area is 145 Å². The van der Waals surface area contributed by atoms with E-state index in [-0.39, 0.29) is 24.9 Å². The molecular weight excluding hydrogens is 347 g/mol. The maximum Gasteiger partial charge on any atom is 0.316 e. The van der Waals surface area contributed by atoms with E-state index < -0.39 is 11.7 Å². The van der Waals surface area contributed by atoms with Crippen molar-refractivity contribution < 1.29 is 18.5 Å². The quantitative estimate of drug-likeness (QED) is 0.656. The summed E-state index contributed by atoms with van der Waals surface area (Å²) in [6.07, 6.45) is 0. The van der Waals surface area contributed by atoms with Crippen LogP contribution in [-0.2, 0) is 0 Å². The Bertz CT molecular complexity index is 862. The zero-order chi connectivity index (χ0) is 17.6.